The van der Waals surface area contributed by atoms with Gasteiger partial charge in [-0.1, -0.05) is 19.9 Å². The van der Waals surface area contributed by atoms with Gasteiger partial charge in [0.05, 0.1) is 18.8 Å². The summed E-state index contributed by atoms with van der Waals surface area (Å²) in [5.41, 5.74) is 8.10. The van der Waals surface area contributed by atoms with E-state index < -0.39 is 0 Å². The minimum absolute atomic E-state index is 0.147. The zero-order chi connectivity index (χ0) is 12.4. The largest absolute Gasteiger partial charge is 0.496 e. The number of hydrogen-bond donors (Lipinski definition) is 1. The number of methoxy groups -OCH3 is 1. The molecule has 1 unspecified atom stereocenters. The maximum absolute atomic E-state index is 6.11. The lowest BCUT2D eigenvalue weighted by molar-refractivity contribution is 0.408. The van der Waals surface area contributed by atoms with Gasteiger partial charge in [-0.3, -0.25) is 0 Å². The molecule has 0 fully saturated rings. The van der Waals surface area contributed by atoms with Crippen LogP contribution in [0.4, 0.5) is 0 Å². The second kappa shape index (κ2) is 4.80. The Labute approximate surface area is 102 Å². The molecule has 1 aromatic heterocycles. The first-order valence-electron chi connectivity index (χ1n) is 5.92. The highest BCUT2D eigenvalue weighted by molar-refractivity contribution is 5.85. The normalized spacial score (nSPS) is 13.2. The van der Waals surface area contributed by atoms with Crippen LogP contribution < -0.4 is 10.5 Å². The van der Waals surface area contributed by atoms with Crippen LogP contribution in [0.1, 0.15) is 19.4 Å². The first-order chi connectivity index (χ1) is 8.13. The summed E-state index contributed by atoms with van der Waals surface area (Å²) in [6.07, 6.45) is 2.50. The number of nitrogens with two attached hydrogens (primary N) is 1. The van der Waals surface area contributed by atoms with Gasteiger partial charge in [-0.2, -0.15) is 0 Å². The van der Waals surface area contributed by atoms with E-state index in [0.717, 1.165) is 28.7 Å². The number of ether oxygens (including phenoxy) is 1. The van der Waals surface area contributed by atoms with E-state index in [1.165, 1.54) is 0 Å². The summed E-state index contributed by atoms with van der Waals surface area (Å²) in [4.78, 5) is 0. The van der Waals surface area contributed by atoms with Crippen LogP contribution in [0.25, 0.3) is 11.0 Å². The third-order valence-electron chi connectivity index (χ3n) is 3.18. The number of furan rings is 1. The fourth-order valence-corrected chi connectivity index (χ4v) is 1.95. The average molecular weight is 233 g/mol. The van der Waals surface area contributed by atoms with Crippen molar-refractivity contribution in [3.63, 3.8) is 0 Å². The second-order valence-corrected chi connectivity index (χ2v) is 4.70. The highest BCUT2D eigenvalue weighted by atomic mass is 16.5. The van der Waals surface area contributed by atoms with Crippen molar-refractivity contribution in [3.05, 3.63) is 30.0 Å². The molecule has 1 atom stereocenters. The number of benzene rings is 1. The summed E-state index contributed by atoms with van der Waals surface area (Å²) in [6, 6.07) is 6.08. The lowest BCUT2D eigenvalue weighted by Crippen LogP contribution is -2.28. The first kappa shape index (κ1) is 12.0. The smallest absolute Gasteiger partial charge is 0.137 e. The fraction of sp³-hybridized carbons (Fsp3) is 0.429. The van der Waals surface area contributed by atoms with E-state index in [1.807, 2.05) is 18.2 Å². The van der Waals surface area contributed by atoms with E-state index in [0.29, 0.717) is 5.92 Å². The van der Waals surface area contributed by atoms with Crippen LogP contribution >= 0.6 is 0 Å². The zero-order valence-electron chi connectivity index (χ0n) is 10.6. The van der Waals surface area contributed by atoms with Crippen molar-refractivity contribution < 1.29 is 9.15 Å². The Morgan fingerprint density at radius 1 is 1.29 bits per heavy atom. The molecular weight excluding hydrogens is 214 g/mol. The quantitative estimate of drug-likeness (QED) is 0.883. The van der Waals surface area contributed by atoms with Gasteiger partial charge >= 0.3 is 0 Å². The highest BCUT2D eigenvalue weighted by Gasteiger charge is 2.15. The van der Waals surface area contributed by atoms with Gasteiger partial charge in [0.25, 0.3) is 0 Å². The standard InChI is InChI=1S/C14H19NO2/c1-9(2)12(15)8-10-4-5-13-11(6-7-17-13)14(10)16-3/h4-7,9,12H,8,15H2,1-3H3. The molecule has 1 heterocycles. The Hall–Kier alpha value is -1.48. The molecule has 17 heavy (non-hydrogen) atoms. The van der Waals surface area contributed by atoms with E-state index in [1.54, 1.807) is 13.4 Å². The molecule has 1 aromatic carbocycles. The predicted octanol–water partition coefficient (Wildman–Crippen LogP) is 2.97. The molecule has 0 spiro atoms. The van der Waals surface area contributed by atoms with Crippen molar-refractivity contribution in [2.24, 2.45) is 11.7 Å². The summed E-state index contributed by atoms with van der Waals surface area (Å²) in [5, 5.41) is 1.01. The first-order valence-corrected chi connectivity index (χ1v) is 5.92. The zero-order valence-corrected chi connectivity index (χ0v) is 10.6. The van der Waals surface area contributed by atoms with Crippen molar-refractivity contribution in [2.45, 2.75) is 26.3 Å². The van der Waals surface area contributed by atoms with Crippen LogP contribution in [0.5, 0.6) is 5.75 Å². The molecule has 3 heteroatoms. The molecule has 0 radical (unpaired) electrons. The third kappa shape index (κ3) is 2.29. The Bertz CT molecular complexity index is 502. The van der Waals surface area contributed by atoms with Gasteiger partial charge in [0.1, 0.15) is 11.3 Å². The SMILES string of the molecule is COc1c(CC(N)C(C)C)ccc2occc12. The Morgan fingerprint density at radius 3 is 2.71 bits per heavy atom. The van der Waals surface area contributed by atoms with Gasteiger partial charge in [0.15, 0.2) is 0 Å². The Kier molecular flexibility index (Phi) is 3.38. The van der Waals surface area contributed by atoms with Gasteiger partial charge in [-0.25, -0.2) is 0 Å². The number of fused-ring (bicyclic) bond motifs is 1. The molecule has 0 saturated heterocycles. The minimum atomic E-state index is 0.147. The lowest BCUT2D eigenvalue weighted by Gasteiger charge is -2.17. The maximum atomic E-state index is 6.11. The molecular formula is C14H19NO2. The van der Waals surface area contributed by atoms with E-state index in [9.17, 15) is 0 Å². The van der Waals surface area contributed by atoms with Gasteiger partial charge < -0.3 is 14.9 Å². The topological polar surface area (TPSA) is 48.4 Å². The molecule has 2 N–H and O–H groups in total. The summed E-state index contributed by atoms with van der Waals surface area (Å²) in [7, 11) is 1.69. The number of rotatable bonds is 4. The summed E-state index contributed by atoms with van der Waals surface area (Å²) in [6.45, 7) is 4.26. The fourth-order valence-electron chi connectivity index (χ4n) is 1.95. The Morgan fingerprint density at radius 2 is 2.06 bits per heavy atom. The van der Waals surface area contributed by atoms with Crippen molar-refractivity contribution in [2.75, 3.05) is 7.11 Å². The van der Waals surface area contributed by atoms with Gasteiger partial charge in [0, 0.05) is 6.04 Å². The average Bonchev–Trinajstić information content (AvgIpc) is 2.76. The molecule has 0 aliphatic rings. The van der Waals surface area contributed by atoms with E-state index in [4.69, 9.17) is 14.9 Å². The molecule has 0 saturated carbocycles. The van der Waals surface area contributed by atoms with Crippen molar-refractivity contribution in [1.29, 1.82) is 0 Å². The maximum Gasteiger partial charge on any atom is 0.137 e. The summed E-state index contributed by atoms with van der Waals surface area (Å²) in [5.74, 6) is 1.34. The monoisotopic (exact) mass is 233 g/mol. The lowest BCUT2D eigenvalue weighted by atomic mass is 9.96. The summed E-state index contributed by atoms with van der Waals surface area (Å²) >= 11 is 0. The minimum Gasteiger partial charge on any atom is -0.496 e. The van der Waals surface area contributed by atoms with Gasteiger partial charge in [-0.15, -0.1) is 0 Å². The van der Waals surface area contributed by atoms with Gasteiger partial charge in [-0.05, 0) is 30.0 Å². The van der Waals surface area contributed by atoms with Crippen molar-refractivity contribution in [3.8, 4) is 5.75 Å². The molecule has 0 amide bonds. The van der Waals surface area contributed by atoms with Gasteiger partial charge in [0.2, 0.25) is 0 Å². The number of hydrogen-bond acceptors (Lipinski definition) is 3. The third-order valence-corrected chi connectivity index (χ3v) is 3.18. The van der Waals surface area contributed by atoms with E-state index in [2.05, 4.69) is 13.8 Å². The van der Waals surface area contributed by atoms with Crippen LogP contribution in [-0.4, -0.2) is 13.2 Å². The molecule has 92 valence electrons. The van der Waals surface area contributed by atoms with Crippen LogP contribution in [0, 0.1) is 5.92 Å². The molecule has 0 aliphatic heterocycles. The van der Waals surface area contributed by atoms with E-state index in [-0.39, 0.29) is 6.04 Å². The summed E-state index contributed by atoms with van der Waals surface area (Å²) < 4.78 is 10.8. The van der Waals surface area contributed by atoms with Crippen LogP contribution in [0.15, 0.2) is 28.9 Å². The van der Waals surface area contributed by atoms with Crippen LogP contribution in [-0.2, 0) is 6.42 Å². The van der Waals surface area contributed by atoms with Crippen molar-refractivity contribution in [1.82, 2.24) is 0 Å². The van der Waals surface area contributed by atoms with Crippen LogP contribution in [0.2, 0.25) is 0 Å². The molecule has 2 rings (SSSR count). The Balaban J connectivity index is 2.39. The van der Waals surface area contributed by atoms with Crippen molar-refractivity contribution >= 4 is 11.0 Å². The second-order valence-electron chi connectivity index (χ2n) is 4.70. The molecule has 2 aromatic rings. The molecule has 0 aliphatic carbocycles. The predicted molar refractivity (Wildman–Crippen MR) is 69.3 cm³/mol. The van der Waals surface area contributed by atoms with E-state index >= 15 is 0 Å². The molecule has 0 bridgehead atoms. The van der Waals surface area contributed by atoms with Crippen LogP contribution in [0.3, 0.4) is 0 Å². The molecule has 3 nitrogen and oxygen atoms in total. The highest BCUT2D eigenvalue weighted by Crippen LogP contribution is 2.31.